The first-order valence-electron chi connectivity index (χ1n) is 8.14. The molecule has 0 amide bonds. The Morgan fingerprint density at radius 1 is 0.880 bits per heavy atom. The SMILES string of the molecule is CN(C)c1ccc(-c2n[nH]c3cc(Cl)c(-c4ccccc4)cc23)cc1. The molecule has 4 rings (SSSR count). The zero-order chi connectivity index (χ0) is 17.4. The molecule has 3 aromatic carbocycles. The fourth-order valence-corrected chi connectivity index (χ4v) is 3.29. The van der Waals surface area contributed by atoms with Gasteiger partial charge in [-0.25, -0.2) is 0 Å². The van der Waals surface area contributed by atoms with Crippen LogP contribution >= 0.6 is 11.6 Å². The highest BCUT2D eigenvalue weighted by Crippen LogP contribution is 2.35. The molecule has 3 nitrogen and oxygen atoms in total. The number of H-pyrrole nitrogens is 1. The molecule has 1 N–H and O–H groups in total. The van der Waals surface area contributed by atoms with Crippen molar-refractivity contribution in [2.45, 2.75) is 0 Å². The van der Waals surface area contributed by atoms with Gasteiger partial charge < -0.3 is 4.90 Å². The summed E-state index contributed by atoms with van der Waals surface area (Å²) in [6, 6.07) is 22.6. The Hall–Kier alpha value is -2.78. The van der Waals surface area contributed by atoms with E-state index in [1.807, 2.05) is 38.4 Å². The largest absolute Gasteiger partial charge is 0.378 e. The molecular formula is C21H18ClN3. The second kappa shape index (κ2) is 6.26. The minimum Gasteiger partial charge on any atom is -0.378 e. The molecule has 1 aromatic heterocycles. The predicted octanol–water partition coefficient (Wildman–Crippen LogP) is 5.62. The van der Waals surface area contributed by atoms with Crippen molar-refractivity contribution in [1.29, 1.82) is 0 Å². The number of aromatic nitrogens is 2. The highest BCUT2D eigenvalue weighted by atomic mass is 35.5. The van der Waals surface area contributed by atoms with E-state index in [-0.39, 0.29) is 0 Å². The molecule has 0 radical (unpaired) electrons. The van der Waals surface area contributed by atoms with Crippen molar-refractivity contribution >= 4 is 28.2 Å². The van der Waals surface area contributed by atoms with Crippen molar-refractivity contribution in [3.63, 3.8) is 0 Å². The summed E-state index contributed by atoms with van der Waals surface area (Å²) in [5, 5.41) is 9.41. The van der Waals surface area contributed by atoms with Crippen molar-refractivity contribution in [3.8, 4) is 22.4 Å². The lowest BCUT2D eigenvalue weighted by molar-refractivity contribution is 1.12. The molecule has 0 aliphatic heterocycles. The van der Waals surface area contributed by atoms with Gasteiger partial charge in [-0.2, -0.15) is 5.10 Å². The van der Waals surface area contributed by atoms with Gasteiger partial charge in [0.25, 0.3) is 0 Å². The predicted molar refractivity (Wildman–Crippen MR) is 106 cm³/mol. The molecule has 0 fully saturated rings. The monoisotopic (exact) mass is 347 g/mol. The lowest BCUT2D eigenvalue weighted by Crippen LogP contribution is -2.07. The summed E-state index contributed by atoms with van der Waals surface area (Å²) < 4.78 is 0. The highest BCUT2D eigenvalue weighted by molar-refractivity contribution is 6.34. The number of benzene rings is 3. The second-order valence-corrected chi connectivity index (χ2v) is 6.66. The topological polar surface area (TPSA) is 31.9 Å². The van der Waals surface area contributed by atoms with E-state index in [2.05, 4.69) is 57.6 Å². The van der Waals surface area contributed by atoms with Crippen molar-refractivity contribution in [3.05, 3.63) is 71.8 Å². The zero-order valence-electron chi connectivity index (χ0n) is 14.1. The number of anilines is 1. The summed E-state index contributed by atoms with van der Waals surface area (Å²) in [5.41, 5.74) is 6.24. The Balaban J connectivity index is 1.85. The Kier molecular flexibility index (Phi) is 3.94. The average molecular weight is 348 g/mol. The van der Waals surface area contributed by atoms with Crippen LogP contribution in [0.25, 0.3) is 33.3 Å². The maximum absolute atomic E-state index is 6.50. The van der Waals surface area contributed by atoms with Gasteiger partial charge in [0.05, 0.1) is 16.2 Å². The van der Waals surface area contributed by atoms with E-state index in [1.54, 1.807) is 0 Å². The van der Waals surface area contributed by atoms with E-state index in [9.17, 15) is 0 Å². The van der Waals surface area contributed by atoms with E-state index < -0.39 is 0 Å². The maximum Gasteiger partial charge on any atom is 0.0999 e. The molecule has 0 aliphatic carbocycles. The standard InChI is InChI=1S/C21H18ClN3/c1-25(2)16-10-8-15(9-11-16)21-18-12-17(14-6-4-3-5-7-14)19(22)13-20(18)23-24-21/h3-13H,1-2H3,(H,23,24). The van der Waals surface area contributed by atoms with Crippen LogP contribution in [0.4, 0.5) is 5.69 Å². The van der Waals surface area contributed by atoms with Crippen LogP contribution in [-0.4, -0.2) is 24.3 Å². The number of nitrogens with zero attached hydrogens (tertiary/aromatic N) is 2. The van der Waals surface area contributed by atoms with E-state index in [0.29, 0.717) is 0 Å². The van der Waals surface area contributed by atoms with Gasteiger partial charge in [0, 0.05) is 36.3 Å². The third-order valence-corrected chi connectivity index (χ3v) is 4.71. The van der Waals surface area contributed by atoms with Crippen LogP contribution in [0, 0.1) is 0 Å². The minimum atomic E-state index is 0.719. The van der Waals surface area contributed by atoms with Gasteiger partial charge in [0.1, 0.15) is 0 Å². The minimum absolute atomic E-state index is 0.719. The quantitative estimate of drug-likeness (QED) is 0.522. The first-order valence-corrected chi connectivity index (χ1v) is 8.52. The van der Waals surface area contributed by atoms with Gasteiger partial charge >= 0.3 is 0 Å². The zero-order valence-corrected chi connectivity index (χ0v) is 14.9. The molecule has 0 unspecified atom stereocenters. The Labute approximate surface area is 151 Å². The van der Waals surface area contributed by atoms with E-state index in [1.165, 1.54) is 0 Å². The van der Waals surface area contributed by atoms with Crippen LogP contribution in [-0.2, 0) is 0 Å². The molecule has 0 saturated heterocycles. The number of hydrogen-bond acceptors (Lipinski definition) is 2. The summed E-state index contributed by atoms with van der Waals surface area (Å²) in [7, 11) is 4.07. The number of fused-ring (bicyclic) bond motifs is 1. The maximum atomic E-state index is 6.50. The Morgan fingerprint density at radius 2 is 1.60 bits per heavy atom. The number of halogens is 1. The van der Waals surface area contributed by atoms with E-state index in [4.69, 9.17) is 11.6 Å². The number of nitrogens with one attached hydrogen (secondary N) is 1. The first kappa shape index (κ1) is 15.7. The van der Waals surface area contributed by atoms with Crippen molar-refractivity contribution < 1.29 is 0 Å². The molecule has 0 aliphatic rings. The van der Waals surface area contributed by atoms with E-state index in [0.717, 1.165) is 44.0 Å². The smallest absolute Gasteiger partial charge is 0.0999 e. The molecule has 0 saturated carbocycles. The summed E-state index contributed by atoms with van der Waals surface area (Å²) in [6.07, 6.45) is 0. The lowest BCUT2D eigenvalue weighted by atomic mass is 10.0. The molecule has 4 aromatic rings. The summed E-state index contributed by atoms with van der Waals surface area (Å²) in [6.45, 7) is 0. The van der Waals surface area contributed by atoms with Gasteiger partial charge in [-0.3, -0.25) is 5.10 Å². The molecule has 0 spiro atoms. The first-order chi connectivity index (χ1) is 12.1. The fourth-order valence-electron chi connectivity index (χ4n) is 3.01. The summed E-state index contributed by atoms with van der Waals surface area (Å²) in [4.78, 5) is 2.08. The summed E-state index contributed by atoms with van der Waals surface area (Å²) in [5.74, 6) is 0. The van der Waals surface area contributed by atoms with Crippen LogP contribution in [0.2, 0.25) is 5.02 Å². The third kappa shape index (κ3) is 2.87. The van der Waals surface area contributed by atoms with Gasteiger partial charge in [0.2, 0.25) is 0 Å². The average Bonchev–Trinajstić information content (AvgIpc) is 3.04. The number of hydrogen-bond donors (Lipinski definition) is 1. The van der Waals surface area contributed by atoms with Crippen LogP contribution in [0.5, 0.6) is 0 Å². The highest BCUT2D eigenvalue weighted by Gasteiger charge is 2.13. The van der Waals surface area contributed by atoms with Gasteiger partial charge in [-0.1, -0.05) is 54.1 Å². The van der Waals surface area contributed by atoms with Crippen LogP contribution in [0.1, 0.15) is 0 Å². The Morgan fingerprint density at radius 3 is 2.28 bits per heavy atom. The van der Waals surface area contributed by atoms with E-state index >= 15 is 0 Å². The third-order valence-electron chi connectivity index (χ3n) is 4.39. The summed E-state index contributed by atoms with van der Waals surface area (Å²) >= 11 is 6.50. The van der Waals surface area contributed by atoms with Gasteiger partial charge in [-0.05, 0) is 29.8 Å². The number of rotatable bonds is 3. The molecule has 25 heavy (non-hydrogen) atoms. The van der Waals surface area contributed by atoms with Crippen molar-refractivity contribution in [2.75, 3.05) is 19.0 Å². The molecular weight excluding hydrogens is 330 g/mol. The fraction of sp³-hybridized carbons (Fsp3) is 0.0952. The molecule has 1 heterocycles. The van der Waals surface area contributed by atoms with Crippen LogP contribution < -0.4 is 4.90 Å². The Bertz CT molecular complexity index is 1020. The van der Waals surface area contributed by atoms with Crippen molar-refractivity contribution in [1.82, 2.24) is 10.2 Å². The van der Waals surface area contributed by atoms with Crippen molar-refractivity contribution in [2.24, 2.45) is 0 Å². The normalized spacial score (nSPS) is 11.0. The molecule has 0 bridgehead atoms. The van der Waals surface area contributed by atoms with Gasteiger partial charge in [0.15, 0.2) is 0 Å². The molecule has 124 valence electrons. The lowest BCUT2D eigenvalue weighted by Gasteiger charge is -2.12. The molecule has 4 heteroatoms. The van der Waals surface area contributed by atoms with Crippen LogP contribution in [0.15, 0.2) is 66.7 Å². The number of aromatic amines is 1. The second-order valence-electron chi connectivity index (χ2n) is 6.26. The van der Waals surface area contributed by atoms with Crippen LogP contribution in [0.3, 0.4) is 0 Å². The molecule has 0 atom stereocenters. The van der Waals surface area contributed by atoms with Gasteiger partial charge in [-0.15, -0.1) is 0 Å².